The molecule has 2 aliphatic heterocycles. The van der Waals surface area contributed by atoms with Crippen molar-refractivity contribution in [2.45, 2.75) is 57.3 Å². The Hall–Kier alpha value is -0.770. The highest BCUT2D eigenvalue weighted by Crippen LogP contribution is 2.58. The van der Waals surface area contributed by atoms with Crippen molar-refractivity contribution in [3.8, 4) is 0 Å². The van der Waals surface area contributed by atoms with Crippen LogP contribution in [0.4, 0.5) is 4.79 Å². The molecular weight excluding hydrogens is 218 g/mol. The Morgan fingerprint density at radius 3 is 2.71 bits per heavy atom. The number of carbonyl (C=O) groups is 1. The second-order valence-corrected chi connectivity index (χ2v) is 6.44. The number of hydrogen-bond donors (Lipinski definition) is 0. The molecule has 3 atom stereocenters. The third-order valence-corrected chi connectivity index (χ3v) is 5.38. The summed E-state index contributed by atoms with van der Waals surface area (Å²) in [5.41, 5.74) is -0.751. The Bertz CT molecular complexity index is 381. The molecule has 3 aliphatic rings. The third-order valence-electron chi connectivity index (χ3n) is 5.38. The average molecular weight is 239 g/mol. The highest BCUT2D eigenvalue weighted by Gasteiger charge is 2.70. The average Bonchev–Trinajstić information content (AvgIpc) is 2.49. The maximum atomic E-state index is 12.0. The van der Waals surface area contributed by atoms with Crippen molar-refractivity contribution < 1.29 is 14.3 Å². The first-order chi connectivity index (χ1) is 7.81. The van der Waals surface area contributed by atoms with Crippen LogP contribution in [-0.4, -0.2) is 40.9 Å². The van der Waals surface area contributed by atoms with E-state index in [4.69, 9.17) is 9.47 Å². The SMILES string of the molecule is CC1(C)OCCN2C(=O)O[C@]3(C)CC[C@@H]1[C@@]23C. The van der Waals surface area contributed by atoms with Gasteiger partial charge in [0.2, 0.25) is 0 Å². The Morgan fingerprint density at radius 2 is 2.00 bits per heavy atom. The number of amides is 1. The lowest BCUT2D eigenvalue weighted by Crippen LogP contribution is -2.58. The summed E-state index contributed by atoms with van der Waals surface area (Å²) in [6, 6.07) is 0. The lowest BCUT2D eigenvalue weighted by molar-refractivity contribution is -0.0707. The monoisotopic (exact) mass is 239 g/mol. The summed E-state index contributed by atoms with van der Waals surface area (Å²) in [7, 11) is 0. The maximum Gasteiger partial charge on any atom is 0.411 e. The largest absolute Gasteiger partial charge is 0.441 e. The van der Waals surface area contributed by atoms with Gasteiger partial charge in [0, 0.05) is 12.5 Å². The predicted molar refractivity (Wildman–Crippen MR) is 62.8 cm³/mol. The molecule has 0 aromatic carbocycles. The van der Waals surface area contributed by atoms with E-state index in [2.05, 4.69) is 27.7 Å². The van der Waals surface area contributed by atoms with E-state index in [1.54, 1.807) is 0 Å². The molecule has 1 aliphatic carbocycles. The highest BCUT2D eigenvalue weighted by molar-refractivity contribution is 5.73. The van der Waals surface area contributed by atoms with Crippen LogP contribution in [0.5, 0.6) is 0 Å². The molecule has 4 nitrogen and oxygen atoms in total. The van der Waals surface area contributed by atoms with Crippen LogP contribution in [0.25, 0.3) is 0 Å². The van der Waals surface area contributed by atoms with Crippen molar-refractivity contribution in [2.75, 3.05) is 13.2 Å². The second-order valence-electron chi connectivity index (χ2n) is 6.44. The molecule has 2 saturated heterocycles. The quantitative estimate of drug-likeness (QED) is 0.650. The van der Waals surface area contributed by atoms with Crippen LogP contribution in [0.15, 0.2) is 0 Å². The van der Waals surface area contributed by atoms with Crippen LogP contribution in [0.2, 0.25) is 0 Å². The van der Waals surface area contributed by atoms with Gasteiger partial charge in [-0.2, -0.15) is 0 Å². The Balaban J connectivity index is 2.13. The predicted octanol–water partition coefficient (Wildman–Crippen LogP) is 2.17. The van der Waals surface area contributed by atoms with Gasteiger partial charge in [-0.3, -0.25) is 4.90 Å². The van der Waals surface area contributed by atoms with Gasteiger partial charge >= 0.3 is 6.09 Å². The van der Waals surface area contributed by atoms with Crippen molar-refractivity contribution in [3.63, 3.8) is 0 Å². The first-order valence-corrected chi connectivity index (χ1v) is 6.46. The van der Waals surface area contributed by atoms with Gasteiger partial charge in [0.25, 0.3) is 0 Å². The van der Waals surface area contributed by atoms with E-state index < -0.39 is 0 Å². The van der Waals surface area contributed by atoms with E-state index in [0.717, 1.165) is 12.8 Å². The fraction of sp³-hybridized carbons (Fsp3) is 0.923. The van der Waals surface area contributed by atoms with E-state index in [9.17, 15) is 4.79 Å². The van der Waals surface area contributed by atoms with Crippen molar-refractivity contribution in [1.82, 2.24) is 4.90 Å². The van der Waals surface area contributed by atoms with Crippen LogP contribution >= 0.6 is 0 Å². The minimum absolute atomic E-state index is 0.166. The van der Waals surface area contributed by atoms with Gasteiger partial charge in [-0.1, -0.05) is 0 Å². The summed E-state index contributed by atoms with van der Waals surface area (Å²) in [6.45, 7) is 9.77. The molecule has 1 saturated carbocycles. The molecule has 3 rings (SSSR count). The van der Waals surface area contributed by atoms with Crippen molar-refractivity contribution in [3.05, 3.63) is 0 Å². The molecule has 0 unspecified atom stereocenters. The zero-order chi connectivity index (χ0) is 12.5. The Kier molecular flexibility index (Phi) is 1.98. The van der Waals surface area contributed by atoms with Gasteiger partial charge in [-0.05, 0) is 40.5 Å². The number of ether oxygens (including phenoxy) is 2. The molecule has 0 N–H and O–H groups in total. The summed E-state index contributed by atoms with van der Waals surface area (Å²) < 4.78 is 11.6. The van der Waals surface area contributed by atoms with Gasteiger partial charge < -0.3 is 9.47 Å². The van der Waals surface area contributed by atoms with Crippen molar-refractivity contribution in [2.24, 2.45) is 5.92 Å². The van der Waals surface area contributed by atoms with Crippen molar-refractivity contribution in [1.29, 1.82) is 0 Å². The Morgan fingerprint density at radius 1 is 1.29 bits per heavy atom. The van der Waals surface area contributed by atoms with Crippen LogP contribution < -0.4 is 0 Å². The lowest BCUT2D eigenvalue weighted by Gasteiger charge is -2.43. The molecule has 3 fully saturated rings. The van der Waals surface area contributed by atoms with Gasteiger partial charge in [0.05, 0.1) is 17.7 Å². The fourth-order valence-electron chi connectivity index (χ4n) is 4.24. The molecule has 0 bridgehead atoms. The van der Waals surface area contributed by atoms with E-state index in [1.807, 2.05) is 4.90 Å². The zero-order valence-corrected chi connectivity index (χ0v) is 11.1. The number of rotatable bonds is 0. The molecule has 0 aromatic heterocycles. The van der Waals surface area contributed by atoms with E-state index in [-0.39, 0.29) is 22.8 Å². The normalized spacial score (nSPS) is 47.6. The highest BCUT2D eigenvalue weighted by atomic mass is 16.6. The third kappa shape index (κ3) is 1.15. The summed E-state index contributed by atoms with van der Waals surface area (Å²) in [5, 5.41) is 0. The van der Waals surface area contributed by atoms with E-state index in [1.165, 1.54) is 0 Å². The first kappa shape index (κ1) is 11.3. The zero-order valence-electron chi connectivity index (χ0n) is 11.1. The van der Waals surface area contributed by atoms with Gasteiger partial charge in [-0.15, -0.1) is 0 Å². The summed E-state index contributed by atoms with van der Waals surface area (Å²) >= 11 is 0. The molecule has 96 valence electrons. The van der Waals surface area contributed by atoms with Crippen molar-refractivity contribution >= 4 is 6.09 Å². The van der Waals surface area contributed by atoms with Gasteiger partial charge in [0.1, 0.15) is 5.60 Å². The van der Waals surface area contributed by atoms with Gasteiger partial charge in [0.15, 0.2) is 0 Å². The van der Waals surface area contributed by atoms with Crippen LogP contribution in [0, 0.1) is 5.92 Å². The van der Waals surface area contributed by atoms with Gasteiger partial charge in [-0.25, -0.2) is 4.79 Å². The van der Waals surface area contributed by atoms with Crippen LogP contribution in [0.3, 0.4) is 0 Å². The summed E-state index contributed by atoms with van der Waals surface area (Å²) in [6.07, 6.45) is 1.83. The number of carbonyl (C=O) groups excluding carboxylic acids is 1. The first-order valence-electron chi connectivity index (χ1n) is 6.46. The molecule has 1 amide bonds. The van der Waals surface area contributed by atoms with E-state index in [0.29, 0.717) is 19.1 Å². The minimum Gasteiger partial charge on any atom is -0.441 e. The fourth-order valence-corrected chi connectivity index (χ4v) is 4.24. The van der Waals surface area contributed by atoms with Crippen LogP contribution in [-0.2, 0) is 9.47 Å². The second kappa shape index (κ2) is 2.97. The number of nitrogens with zero attached hydrogens (tertiary/aromatic N) is 1. The van der Waals surface area contributed by atoms with E-state index >= 15 is 0 Å². The summed E-state index contributed by atoms with van der Waals surface area (Å²) in [4.78, 5) is 13.9. The molecule has 17 heavy (non-hydrogen) atoms. The molecule has 0 radical (unpaired) electrons. The minimum atomic E-state index is -0.347. The van der Waals surface area contributed by atoms with Crippen LogP contribution in [0.1, 0.15) is 40.5 Å². The molecule has 2 heterocycles. The molecule has 0 spiro atoms. The molecule has 4 heteroatoms. The number of hydrogen-bond acceptors (Lipinski definition) is 3. The maximum absolute atomic E-state index is 12.0. The molecular formula is C13H21NO3. The Labute approximate surface area is 102 Å². The topological polar surface area (TPSA) is 38.8 Å². The smallest absolute Gasteiger partial charge is 0.411 e. The molecule has 0 aromatic rings. The standard InChI is InChI=1S/C13H21NO3/c1-11(2)9-5-6-12(3)13(9,4)14(7-8-16-11)10(15)17-12/h9H,5-8H2,1-4H3/t9-,12+,13+/m0/s1. The lowest BCUT2D eigenvalue weighted by atomic mass is 9.73. The summed E-state index contributed by atoms with van der Waals surface area (Å²) in [5.74, 6) is 0.342.